The number of nitriles is 1. The maximum absolute atomic E-state index is 15.9. The van der Waals surface area contributed by atoms with E-state index in [0.29, 0.717) is 23.1 Å². The Balaban J connectivity index is 0.942. The zero-order chi connectivity index (χ0) is 59.0. The van der Waals surface area contributed by atoms with Gasteiger partial charge in [-0.3, -0.25) is 29.1 Å². The van der Waals surface area contributed by atoms with Gasteiger partial charge in [-0.15, -0.1) is 11.3 Å². The fourth-order valence-electron chi connectivity index (χ4n) is 9.02. The highest BCUT2D eigenvalue weighted by atomic mass is 32.1. The molecule has 27 heteroatoms. The van der Waals surface area contributed by atoms with Crippen LogP contribution in [-0.2, 0) is 42.8 Å². The Hall–Kier alpha value is -7.28. The highest BCUT2D eigenvalue weighted by Crippen LogP contribution is 2.44. The molecule has 7 rings (SSSR count). The molecular formula is C53H50F10N8O7S2. The van der Waals surface area contributed by atoms with Crippen molar-refractivity contribution in [2.75, 3.05) is 36.2 Å². The molecule has 80 heavy (non-hydrogen) atoms. The molecular weight excluding hydrogens is 1110 g/mol. The van der Waals surface area contributed by atoms with Gasteiger partial charge in [0.15, 0.2) is 16.7 Å². The van der Waals surface area contributed by atoms with Crippen LogP contribution in [0.1, 0.15) is 75.4 Å². The fourth-order valence-corrected chi connectivity index (χ4v) is 10.3. The van der Waals surface area contributed by atoms with E-state index in [4.69, 9.17) is 27.0 Å². The van der Waals surface area contributed by atoms with Gasteiger partial charge >= 0.3 is 12.4 Å². The topological polar surface area (TPSA) is 190 Å². The van der Waals surface area contributed by atoms with Crippen molar-refractivity contribution in [2.24, 2.45) is 5.41 Å². The first kappa shape index (κ1) is 60.4. The lowest BCUT2D eigenvalue weighted by molar-refractivity contribution is -0.145. The summed E-state index contributed by atoms with van der Waals surface area (Å²) in [6, 6.07) is 10.3. The van der Waals surface area contributed by atoms with Gasteiger partial charge in [-0.1, -0.05) is 45.0 Å². The smallest absolute Gasteiger partial charge is 0.420 e. The predicted molar refractivity (Wildman–Crippen MR) is 275 cm³/mol. The molecule has 2 fully saturated rings. The molecule has 0 saturated carbocycles. The van der Waals surface area contributed by atoms with Gasteiger partial charge in [0.2, 0.25) is 17.7 Å². The van der Waals surface area contributed by atoms with Gasteiger partial charge < -0.3 is 35.0 Å². The number of benzene rings is 3. The Morgan fingerprint density at radius 3 is 2.26 bits per heavy atom. The lowest BCUT2D eigenvalue weighted by Gasteiger charge is -2.35. The Bertz CT molecular complexity index is 3250. The molecule has 4 amide bonds. The monoisotopic (exact) mass is 1160 g/mol. The molecule has 15 nitrogen and oxygen atoms in total. The molecule has 2 aliphatic heterocycles. The molecule has 0 radical (unpaired) electrons. The van der Waals surface area contributed by atoms with Crippen LogP contribution in [0.5, 0.6) is 5.75 Å². The summed E-state index contributed by atoms with van der Waals surface area (Å²) in [5, 5.41) is 24.3. The summed E-state index contributed by atoms with van der Waals surface area (Å²) in [6.45, 7) is 5.82. The van der Waals surface area contributed by atoms with E-state index in [1.165, 1.54) is 31.3 Å². The normalized spacial score (nSPS) is 17.2. The second-order valence-corrected chi connectivity index (χ2v) is 21.6. The van der Waals surface area contributed by atoms with Crippen molar-refractivity contribution < 1.29 is 77.7 Å². The number of β-amino-alcohol motifs (C(OH)–C–C–N with tert-alkyl or cyclic N) is 1. The summed E-state index contributed by atoms with van der Waals surface area (Å²) >= 11 is 6.84. The zero-order valence-electron chi connectivity index (χ0n) is 43.3. The molecule has 3 aromatic carbocycles. The Kier molecular flexibility index (Phi) is 17.4. The van der Waals surface area contributed by atoms with Crippen LogP contribution in [-0.4, -0.2) is 105 Å². The molecule has 426 valence electrons. The number of aromatic nitrogens is 2. The van der Waals surface area contributed by atoms with Crippen molar-refractivity contribution in [1.29, 1.82) is 5.26 Å². The Morgan fingerprint density at radius 2 is 1.66 bits per heavy atom. The highest BCUT2D eigenvalue weighted by Gasteiger charge is 2.53. The van der Waals surface area contributed by atoms with Crippen LogP contribution in [0.2, 0.25) is 0 Å². The second kappa shape index (κ2) is 23.1. The van der Waals surface area contributed by atoms with Gasteiger partial charge in [0, 0.05) is 37.6 Å². The molecule has 0 spiro atoms. The lowest BCUT2D eigenvalue weighted by Crippen LogP contribution is -2.58. The number of rotatable bonds is 17. The number of amides is 4. The first-order valence-electron chi connectivity index (χ1n) is 24.2. The van der Waals surface area contributed by atoms with E-state index >= 15 is 17.6 Å². The van der Waals surface area contributed by atoms with Gasteiger partial charge in [-0.05, 0) is 79.9 Å². The standard InChI is InChI=1S/C53H50F10N8O7S2/c1-27-43(80-26-67-27)29-9-7-28(8-10-29)21-66-45(74)38-18-32(72)23-69(38)46(75)44(49(2,3)4)68-39(73)24-77-25-51(56,57)15-16-78-33-12-13-34(35(19-33)52(58,59)60)42-36(54)17-31(22-65-42)71-48(79)70(47(76)50(71,5)6)37-14-11-30(20-64)40(41(37)55)53(61,62)63/h7-14,17,19,22,26,32,38,44,72H,15-16,18,21,23-25H2,1-6H3,(H,66,74)(H,68,73)/t32-,38+,44-/m1/s1. The number of hydrogen-bond donors (Lipinski definition) is 3. The molecule has 3 N–H and O–H groups in total. The summed E-state index contributed by atoms with van der Waals surface area (Å²) in [5.41, 5.74) is -6.20. The van der Waals surface area contributed by atoms with Crippen molar-refractivity contribution in [3.05, 3.63) is 112 Å². The van der Waals surface area contributed by atoms with Crippen LogP contribution in [0.3, 0.4) is 0 Å². The molecule has 5 aromatic rings. The summed E-state index contributed by atoms with van der Waals surface area (Å²) in [5.74, 6) is -11.0. The number of ether oxygens (including phenoxy) is 2. The molecule has 3 atom stereocenters. The largest absolute Gasteiger partial charge is 0.493 e. The van der Waals surface area contributed by atoms with E-state index in [0.717, 1.165) is 55.9 Å². The number of alkyl halides is 8. The highest BCUT2D eigenvalue weighted by molar-refractivity contribution is 7.81. The second-order valence-electron chi connectivity index (χ2n) is 20.4. The third-order valence-electron chi connectivity index (χ3n) is 13.1. The maximum Gasteiger partial charge on any atom is 0.420 e. The molecule has 2 saturated heterocycles. The van der Waals surface area contributed by atoms with Crippen molar-refractivity contribution >= 4 is 63.7 Å². The van der Waals surface area contributed by atoms with Crippen molar-refractivity contribution in [2.45, 2.75) is 103 Å². The van der Waals surface area contributed by atoms with Crippen molar-refractivity contribution in [3.63, 3.8) is 0 Å². The van der Waals surface area contributed by atoms with E-state index in [1.807, 2.05) is 31.2 Å². The van der Waals surface area contributed by atoms with E-state index in [-0.39, 0.29) is 25.2 Å². The molecule has 0 unspecified atom stereocenters. The molecule has 2 aromatic heterocycles. The van der Waals surface area contributed by atoms with Gasteiger partial charge in [-0.2, -0.15) is 31.6 Å². The van der Waals surface area contributed by atoms with Crippen LogP contribution in [0.4, 0.5) is 55.3 Å². The predicted octanol–water partition coefficient (Wildman–Crippen LogP) is 9.51. The SMILES string of the molecule is Cc1ncsc1-c1ccc(CNC(=O)[C@@H]2C[C@@H](O)CN2C(=O)[C@@H](NC(=O)COCC(F)(F)CCOc2ccc(-c3ncc(N4C(=S)N(c5ccc(C#N)c(C(F)(F)F)c5F)C(=O)C4(C)C)cc3F)c(C(F)(F)F)c2)C(C)(C)C)cc1. The first-order chi connectivity index (χ1) is 37.2. The third-order valence-corrected chi connectivity index (χ3v) is 14.4. The minimum absolute atomic E-state index is 0.0859. The fraction of sp³-hybridized carbons (Fsp3) is 0.396. The number of nitrogens with one attached hydrogen (secondary N) is 2. The van der Waals surface area contributed by atoms with Crippen LogP contribution in [0.25, 0.3) is 21.7 Å². The number of aliphatic hydroxyl groups is 1. The summed E-state index contributed by atoms with van der Waals surface area (Å²) in [7, 11) is 0. The number of hydrogen-bond acceptors (Lipinski definition) is 12. The summed E-state index contributed by atoms with van der Waals surface area (Å²) in [6.07, 6.45) is -12.1. The number of aryl methyl sites for hydroxylation is 1. The van der Waals surface area contributed by atoms with Gasteiger partial charge in [0.1, 0.15) is 47.8 Å². The van der Waals surface area contributed by atoms with Crippen LogP contribution in [0, 0.1) is 35.3 Å². The number of aliphatic hydroxyl groups excluding tert-OH is 1. The van der Waals surface area contributed by atoms with Crippen LogP contribution >= 0.6 is 23.6 Å². The van der Waals surface area contributed by atoms with E-state index in [9.17, 15) is 50.6 Å². The Morgan fingerprint density at radius 1 is 0.975 bits per heavy atom. The quantitative estimate of drug-likeness (QED) is 0.0592. The van der Waals surface area contributed by atoms with Gasteiger partial charge in [0.05, 0.1) is 63.6 Å². The molecule has 2 aliphatic rings. The maximum atomic E-state index is 15.9. The molecule has 4 heterocycles. The average molecular weight is 1170 g/mol. The minimum Gasteiger partial charge on any atom is -0.493 e. The van der Waals surface area contributed by atoms with E-state index < -0.39 is 153 Å². The third kappa shape index (κ3) is 13.0. The number of thiazole rings is 1. The molecule has 0 aliphatic carbocycles. The zero-order valence-corrected chi connectivity index (χ0v) is 44.9. The number of thiocarbonyl (C=S) groups is 1. The number of anilines is 2. The van der Waals surface area contributed by atoms with Crippen molar-refractivity contribution in [3.8, 4) is 33.5 Å². The first-order valence-corrected chi connectivity index (χ1v) is 25.5. The van der Waals surface area contributed by atoms with E-state index in [1.54, 1.807) is 26.3 Å². The number of pyridine rings is 1. The Labute approximate surface area is 460 Å². The van der Waals surface area contributed by atoms with Gasteiger partial charge in [0.25, 0.3) is 11.8 Å². The average Bonchev–Trinajstić information content (AvgIpc) is 4.25. The van der Waals surface area contributed by atoms with Crippen LogP contribution < -0.4 is 25.2 Å². The minimum atomic E-state index is -5.37. The number of carbonyl (C=O) groups excluding carboxylic acids is 4. The van der Waals surface area contributed by atoms with Crippen molar-refractivity contribution in [1.82, 2.24) is 25.5 Å². The lowest BCUT2D eigenvalue weighted by atomic mass is 9.85. The number of halogens is 10. The summed E-state index contributed by atoms with van der Waals surface area (Å²) in [4.78, 5) is 65.7. The summed E-state index contributed by atoms with van der Waals surface area (Å²) < 4.78 is 157. The van der Waals surface area contributed by atoms with Gasteiger partial charge in [-0.25, -0.2) is 22.5 Å². The molecule has 0 bridgehead atoms. The number of nitrogens with zero attached hydrogens (tertiary/aromatic N) is 6. The van der Waals surface area contributed by atoms with Crippen LogP contribution in [0.15, 0.2) is 72.4 Å². The number of carbonyl (C=O) groups is 4. The van der Waals surface area contributed by atoms with E-state index in [2.05, 4.69) is 20.6 Å². The number of likely N-dealkylation sites (tertiary alicyclic amines) is 1.